The SMILES string of the molecule is CCOC(=O)c1nc(C(=O)NCCS(=O)(=O)N(C)C)cs1. The van der Waals surface area contributed by atoms with Crippen molar-refractivity contribution in [2.24, 2.45) is 0 Å². The maximum atomic E-state index is 11.8. The third-order valence-corrected chi connectivity index (χ3v) is 5.04. The lowest BCUT2D eigenvalue weighted by molar-refractivity contribution is 0.0526. The van der Waals surface area contributed by atoms with E-state index in [0.717, 1.165) is 15.6 Å². The largest absolute Gasteiger partial charge is 0.461 e. The Labute approximate surface area is 127 Å². The lowest BCUT2D eigenvalue weighted by atomic mass is 10.4. The number of thiazole rings is 1. The molecule has 0 fully saturated rings. The number of rotatable bonds is 7. The monoisotopic (exact) mass is 335 g/mol. The zero-order chi connectivity index (χ0) is 16.0. The summed E-state index contributed by atoms with van der Waals surface area (Å²) in [6.45, 7) is 1.86. The summed E-state index contributed by atoms with van der Waals surface area (Å²) in [6.07, 6.45) is 0. The van der Waals surface area contributed by atoms with E-state index in [1.54, 1.807) is 6.92 Å². The molecule has 0 bridgehead atoms. The van der Waals surface area contributed by atoms with Crippen molar-refractivity contribution in [1.29, 1.82) is 0 Å². The van der Waals surface area contributed by atoms with Crippen LogP contribution in [0.3, 0.4) is 0 Å². The number of esters is 1. The van der Waals surface area contributed by atoms with Crippen molar-refractivity contribution in [1.82, 2.24) is 14.6 Å². The van der Waals surface area contributed by atoms with E-state index in [4.69, 9.17) is 4.74 Å². The zero-order valence-corrected chi connectivity index (χ0v) is 13.6. The lowest BCUT2D eigenvalue weighted by Crippen LogP contribution is -2.34. The molecule has 0 aliphatic rings. The molecule has 0 aromatic carbocycles. The molecule has 0 saturated carbocycles. The Hall–Kier alpha value is -1.52. The van der Waals surface area contributed by atoms with E-state index in [1.807, 2.05) is 0 Å². The van der Waals surface area contributed by atoms with E-state index >= 15 is 0 Å². The van der Waals surface area contributed by atoms with Crippen LogP contribution in [0.1, 0.15) is 27.2 Å². The number of carbonyl (C=O) groups is 2. The van der Waals surface area contributed by atoms with Gasteiger partial charge in [0.2, 0.25) is 15.0 Å². The number of aromatic nitrogens is 1. The minimum absolute atomic E-state index is 0.0361. The molecule has 0 atom stereocenters. The average molecular weight is 335 g/mol. The lowest BCUT2D eigenvalue weighted by Gasteiger charge is -2.11. The molecule has 1 aromatic rings. The fourth-order valence-corrected chi connectivity index (χ4v) is 2.65. The predicted molar refractivity (Wildman–Crippen MR) is 77.9 cm³/mol. The van der Waals surface area contributed by atoms with Crippen molar-refractivity contribution in [2.75, 3.05) is 33.0 Å². The van der Waals surface area contributed by atoms with Gasteiger partial charge in [-0.05, 0) is 6.92 Å². The summed E-state index contributed by atoms with van der Waals surface area (Å²) < 4.78 is 28.9. The van der Waals surface area contributed by atoms with Gasteiger partial charge in [0.15, 0.2) is 0 Å². The Kier molecular flexibility index (Phi) is 6.24. The van der Waals surface area contributed by atoms with Gasteiger partial charge in [0, 0.05) is 26.0 Å². The molecular formula is C11H17N3O5S2. The molecule has 1 amide bonds. The van der Waals surface area contributed by atoms with Gasteiger partial charge in [-0.15, -0.1) is 11.3 Å². The third-order valence-electron chi connectivity index (χ3n) is 2.39. The summed E-state index contributed by atoms with van der Waals surface area (Å²) in [5.41, 5.74) is 0.0605. The topological polar surface area (TPSA) is 106 Å². The van der Waals surface area contributed by atoms with Gasteiger partial charge in [0.05, 0.1) is 12.4 Å². The van der Waals surface area contributed by atoms with Gasteiger partial charge >= 0.3 is 5.97 Å². The molecule has 0 spiro atoms. The molecule has 0 aliphatic carbocycles. The van der Waals surface area contributed by atoms with Crippen molar-refractivity contribution in [3.8, 4) is 0 Å². The molecule has 1 N–H and O–H groups in total. The smallest absolute Gasteiger partial charge is 0.367 e. The van der Waals surface area contributed by atoms with Crippen molar-refractivity contribution >= 4 is 33.2 Å². The molecule has 0 aliphatic heterocycles. The minimum Gasteiger partial charge on any atom is -0.461 e. The summed E-state index contributed by atoms with van der Waals surface area (Å²) >= 11 is 0.997. The molecule has 0 saturated heterocycles. The molecule has 118 valence electrons. The van der Waals surface area contributed by atoms with Gasteiger partial charge in [0.25, 0.3) is 5.91 Å². The van der Waals surface area contributed by atoms with Crippen molar-refractivity contribution in [2.45, 2.75) is 6.92 Å². The summed E-state index contributed by atoms with van der Waals surface area (Å²) in [7, 11) is -0.525. The molecule has 8 nitrogen and oxygen atoms in total. The zero-order valence-electron chi connectivity index (χ0n) is 12.0. The molecule has 10 heteroatoms. The van der Waals surface area contributed by atoms with Crippen LogP contribution in [0.2, 0.25) is 0 Å². The Balaban J connectivity index is 2.56. The maximum absolute atomic E-state index is 11.8. The van der Waals surface area contributed by atoms with Crippen molar-refractivity contribution in [3.63, 3.8) is 0 Å². The van der Waals surface area contributed by atoms with E-state index < -0.39 is 21.9 Å². The molecular weight excluding hydrogens is 318 g/mol. The second-order valence-electron chi connectivity index (χ2n) is 4.11. The quantitative estimate of drug-likeness (QED) is 0.700. The summed E-state index contributed by atoms with van der Waals surface area (Å²) in [4.78, 5) is 27.0. The fraction of sp³-hybridized carbons (Fsp3) is 0.545. The van der Waals surface area contributed by atoms with E-state index in [1.165, 1.54) is 19.5 Å². The van der Waals surface area contributed by atoms with Crippen LogP contribution < -0.4 is 5.32 Å². The van der Waals surface area contributed by atoms with Crippen LogP contribution in [0.15, 0.2) is 5.38 Å². The number of sulfonamides is 1. The molecule has 21 heavy (non-hydrogen) atoms. The first kappa shape index (κ1) is 17.5. The number of ether oxygens (including phenoxy) is 1. The van der Waals surface area contributed by atoms with Gasteiger partial charge in [-0.1, -0.05) is 0 Å². The number of hydrogen-bond acceptors (Lipinski definition) is 7. The van der Waals surface area contributed by atoms with Crippen LogP contribution in [0.25, 0.3) is 0 Å². The predicted octanol–water partition coefficient (Wildman–Crippen LogP) is -0.0590. The van der Waals surface area contributed by atoms with E-state index in [9.17, 15) is 18.0 Å². The second kappa shape index (κ2) is 7.48. The highest BCUT2D eigenvalue weighted by molar-refractivity contribution is 7.89. The standard InChI is InChI=1S/C11H17N3O5S2/c1-4-19-11(16)10-13-8(7-20-10)9(15)12-5-6-21(17,18)14(2)3/h7H,4-6H2,1-3H3,(H,12,15). The average Bonchev–Trinajstić information content (AvgIpc) is 2.88. The number of hydrogen-bond donors (Lipinski definition) is 1. The molecule has 1 aromatic heterocycles. The second-order valence-corrected chi connectivity index (χ2v) is 7.27. The maximum Gasteiger partial charge on any atom is 0.367 e. The summed E-state index contributed by atoms with van der Waals surface area (Å²) in [6, 6.07) is 0. The first-order valence-electron chi connectivity index (χ1n) is 6.09. The summed E-state index contributed by atoms with van der Waals surface area (Å²) in [5.74, 6) is -1.33. The minimum atomic E-state index is -3.36. The molecule has 0 radical (unpaired) electrons. The number of amides is 1. The van der Waals surface area contributed by atoms with Gasteiger partial charge in [-0.3, -0.25) is 4.79 Å². The van der Waals surface area contributed by atoms with Crippen LogP contribution in [0.4, 0.5) is 0 Å². The highest BCUT2D eigenvalue weighted by Gasteiger charge is 2.17. The van der Waals surface area contributed by atoms with Gasteiger partial charge in [0.1, 0.15) is 5.69 Å². The van der Waals surface area contributed by atoms with Crippen LogP contribution in [-0.2, 0) is 14.8 Å². The van der Waals surface area contributed by atoms with E-state index in [2.05, 4.69) is 10.3 Å². The van der Waals surface area contributed by atoms with Crippen LogP contribution >= 0.6 is 11.3 Å². The van der Waals surface area contributed by atoms with Gasteiger partial charge in [-0.25, -0.2) is 22.5 Å². The Bertz CT molecular complexity index is 609. The van der Waals surface area contributed by atoms with Crippen LogP contribution in [0.5, 0.6) is 0 Å². The van der Waals surface area contributed by atoms with Crippen molar-refractivity contribution < 1.29 is 22.7 Å². The highest BCUT2D eigenvalue weighted by Crippen LogP contribution is 2.11. The van der Waals surface area contributed by atoms with Crippen LogP contribution in [-0.4, -0.2) is 62.6 Å². The molecule has 0 unspecified atom stereocenters. The Morgan fingerprint density at radius 1 is 1.43 bits per heavy atom. The molecule has 1 heterocycles. The van der Waals surface area contributed by atoms with Gasteiger partial charge in [-0.2, -0.15) is 0 Å². The first-order valence-corrected chi connectivity index (χ1v) is 8.58. The number of nitrogens with zero attached hydrogens (tertiary/aromatic N) is 2. The normalized spacial score (nSPS) is 11.4. The fourth-order valence-electron chi connectivity index (χ4n) is 1.23. The van der Waals surface area contributed by atoms with E-state index in [0.29, 0.717) is 0 Å². The Morgan fingerprint density at radius 3 is 2.67 bits per heavy atom. The van der Waals surface area contributed by atoms with Gasteiger partial charge < -0.3 is 10.1 Å². The van der Waals surface area contributed by atoms with Crippen molar-refractivity contribution in [3.05, 3.63) is 16.1 Å². The number of carbonyl (C=O) groups excluding carboxylic acids is 2. The first-order chi connectivity index (χ1) is 9.77. The third kappa shape index (κ3) is 5.06. The molecule has 1 rings (SSSR count). The van der Waals surface area contributed by atoms with E-state index in [-0.39, 0.29) is 29.6 Å². The summed E-state index contributed by atoms with van der Waals surface area (Å²) in [5, 5.41) is 3.95. The highest BCUT2D eigenvalue weighted by atomic mass is 32.2. The van der Waals surface area contributed by atoms with Crippen LogP contribution in [0, 0.1) is 0 Å². The Morgan fingerprint density at radius 2 is 2.10 bits per heavy atom. The number of nitrogens with one attached hydrogen (secondary N) is 1.